The Kier molecular flexibility index (Phi) is 5.01. The van der Waals surface area contributed by atoms with Crippen molar-refractivity contribution < 1.29 is 14.7 Å². The molecule has 1 aliphatic rings. The molecule has 1 aromatic carbocycles. The maximum atomic E-state index is 12.2. The van der Waals surface area contributed by atoms with E-state index in [-0.39, 0.29) is 11.9 Å². The molecule has 0 spiro atoms. The Bertz CT molecular complexity index is 486. The van der Waals surface area contributed by atoms with Gasteiger partial charge in [0.2, 0.25) is 0 Å². The summed E-state index contributed by atoms with van der Waals surface area (Å²) in [5.74, 6) is -1.55. The molecule has 2 N–H and O–H groups in total. The SMILES string of the molecule is O=C(NC1CCCCCC1C(=O)O)c1ccc(Cl)cc1. The van der Waals surface area contributed by atoms with E-state index in [2.05, 4.69) is 5.32 Å². The van der Waals surface area contributed by atoms with Crippen molar-refractivity contribution in [1.29, 1.82) is 0 Å². The van der Waals surface area contributed by atoms with Crippen LogP contribution in [0, 0.1) is 5.92 Å². The minimum Gasteiger partial charge on any atom is -0.481 e. The molecule has 20 heavy (non-hydrogen) atoms. The number of hydrogen-bond donors (Lipinski definition) is 2. The van der Waals surface area contributed by atoms with Crippen LogP contribution in [-0.2, 0) is 4.79 Å². The van der Waals surface area contributed by atoms with Gasteiger partial charge in [0.05, 0.1) is 5.92 Å². The van der Waals surface area contributed by atoms with Gasteiger partial charge in [0.1, 0.15) is 0 Å². The van der Waals surface area contributed by atoms with Crippen molar-refractivity contribution in [3.8, 4) is 0 Å². The maximum Gasteiger partial charge on any atom is 0.308 e. The highest BCUT2D eigenvalue weighted by molar-refractivity contribution is 6.30. The van der Waals surface area contributed by atoms with E-state index < -0.39 is 11.9 Å². The first-order valence-electron chi connectivity index (χ1n) is 6.87. The molecule has 1 aromatic rings. The van der Waals surface area contributed by atoms with E-state index in [0.29, 0.717) is 17.0 Å². The highest BCUT2D eigenvalue weighted by Gasteiger charge is 2.30. The van der Waals surface area contributed by atoms with Crippen LogP contribution in [0.5, 0.6) is 0 Å². The van der Waals surface area contributed by atoms with E-state index in [1.807, 2.05) is 0 Å². The molecule has 2 atom stereocenters. The van der Waals surface area contributed by atoms with Crippen LogP contribution in [-0.4, -0.2) is 23.0 Å². The van der Waals surface area contributed by atoms with Gasteiger partial charge < -0.3 is 10.4 Å². The molecular weight excluding hydrogens is 278 g/mol. The summed E-state index contributed by atoms with van der Waals surface area (Å²) in [4.78, 5) is 23.5. The second-order valence-electron chi connectivity index (χ2n) is 5.17. The Labute approximate surface area is 123 Å². The summed E-state index contributed by atoms with van der Waals surface area (Å²) >= 11 is 5.79. The molecule has 0 aromatic heterocycles. The van der Waals surface area contributed by atoms with Crippen LogP contribution in [0.25, 0.3) is 0 Å². The molecule has 0 saturated heterocycles. The summed E-state index contributed by atoms with van der Waals surface area (Å²) in [6.45, 7) is 0. The van der Waals surface area contributed by atoms with Crippen LogP contribution in [0.1, 0.15) is 42.5 Å². The lowest BCUT2D eigenvalue weighted by Gasteiger charge is -2.22. The zero-order valence-electron chi connectivity index (χ0n) is 11.1. The summed E-state index contributed by atoms with van der Waals surface area (Å²) in [5.41, 5.74) is 0.503. The molecule has 0 radical (unpaired) electrons. The molecule has 0 bridgehead atoms. The number of nitrogens with one attached hydrogen (secondary N) is 1. The summed E-state index contributed by atoms with van der Waals surface area (Å²) in [5, 5.41) is 12.7. The molecule has 5 heteroatoms. The average Bonchev–Trinajstić information content (AvgIpc) is 2.65. The summed E-state index contributed by atoms with van der Waals surface area (Å²) in [6, 6.07) is 6.29. The summed E-state index contributed by atoms with van der Waals surface area (Å²) in [6.07, 6.45) is 4.23. The van der Waals surface area contributed by atoms with Gasteiger partial charge in [0.25, 0.3) is 5.91 Å². The number of aliphatic carboxylic acids is 1. The number of hydrogen-bond acceptors (Lipinski definition) is 2. The fourth-order valence-electron chi connectivity index (χ4n) is 2.63. The van der Waals surface area contributed by atoms with E-state index in [4.69, 9.17) is 11.6 Å². The summed E-state index contributed by atoms with van der Waals surface area (Å²) in [7, 11) is 0. The van der Waals surface area contributed by atoms with Gasteiger partial charge in [-0.1, -0.05) is 30.9 Å². The Morgan fingerprint density at radius 1 is 1.10 bits per heavy atom. The van der Waals surface area contributed by atoms with Crippen LogP contribution in [0.2, 0.25) is 5.02 Å². The summed E-state index contributed by atoms with van der Waals surface area (Å²) < 4.78 is 0. The highest BCUT2D eigenvalue weighted by Crippen LogP contribution is 2.24. The Morgan fingerprint density at radius 2 is 1.75 bits per heavy atom. The van der Waals surface area contributed by atoms with Gasteiger partial charge in [-0.3, -0.25) is 9.59 Å². The molecule has 1 amide bonds. The molecule has 2 rings (SSSR count). The number of carbonyl (C=O) groups is 2. The number of benzene rings is 1. The van der Waals surface area contributed by atoms with Gasteiger partial charge in [-0.05, 0) is 37.1 Å². The van der Waals surface area contributed by atoms with Crippen molar-refractivity contribution in [3.63, 3.8) is 0 Å². The van der Waals surface area contributed by atoms with Crippen LogP contribution < -0.4 is 5.32 Å². The van der Waals surface area contributed by atoms with Crippen molar-refractivity contribution in [2.75, 3.05) is 0 Å². The average molecular weight is 296 g/mol. The molecule has 4 nitrogen and oxygen atoms in total. The lowest BCUT2D eigenvalue weighted by atomic mass is 9.94. The molecule has 2 unspecified atom stereocenters. The maximum absolute atomic E-state index is 12.2. The van der Waals surface area contributed by atoms with E-state index in [1.54, 1.807) is 24.3 Å². The van der Waals surface area contributed by atoms with E-state index in [9.17, 15) is 14.7 Å². The van der Waals surface area contributed by atoms with Crippen molar-refractivity contribution >= 4 is 23.5 Å². The zero-order chi connectivity index (χ0) is 14.5. The van der Waals surface area contributed by atoms with Crippen molar-refractivity contribution in [1.82, 2.24) is 5.32 Å². The third-order valence-corrected chi connectivity index (χ3v) is 4.01. The number of rotatable bonds is 3. The third kappa shape index (κ3) is 3.73. The minimum atomic E-state index is -0.826. The fourth-order valence-corrected chi connectivity index (χ4v) is 2.75. The van der Waals surface area contributed by atoms with Gasteiger partial charge in [0, 0.05) is 16.6 Å². The monoisotopic (exact) mass is 295 g/mol. The van der Waals surface area contributed by atoms with E-state index >= 15 is 0 Å². The second-order valence-corrected chi connectivity index (χ2v) is 5.61. The molecule has 108 valence electrons. The van der Waals surface area contributed by atoms with Crippen molar-refractivity contribution in [2.45, 2.75) is 38.1 Å². The Hall–Kier alpha value is -1.55. The van der Waals surface area contributed by atoms with Crippen LogP contribution in [0.15, 0.2) is 24.3 Å². The standard InChI is InChI=1S/C15H18ClNO3/c16-11-8-6-10(7-9-11)14(18)17-13-5-3-1-2-4-12(13)15(19)20/h6-9,12-13H,1-5H2,(H,17,18)(H,19,20). The second kappa shape index (κ2) is 6.75. The van der Waals surface area contributed by atoms with E-state index in [1.165, 1.54) is 0 Å². The van der Waals surface area contributed by atoms with Gasteiger partial charge in [-0.2, -0.15) is 0 Å². The topological polar surface area (TPSA) is 66.4 Å². The molecule has 1 aliphatic carbocycles. The minimum absolute atomic E-state index is 0.236. The third-order valence-electron chi connectivity index (χ3n) is 3.76. The van der Waals surface area contributed by atoms with Crippen molar-refractivity contribution in [3.05, 3.63) is 34.9 Å². The van der Waals surface area contributed by atoms with Gasteiger partial charge in [0.15, 0.2) is 0 Å². The molecule has 1 saturated carbocycles. The molecule has 0 heterocycles. The highest BCUT2D eigenvalue weighted by atomic mass is 35.5. The quantitative estimate of drug-likeness (QED) is 0.842. The first kappa shape index (κ1) is 14.9. The van der Waals surface area contributed by atoms with Crippen LogP contribution in [0.3, 0.4) is 0 Å². The van der Waals surface area contributed by atoms with Crippen LogP contribution in [0.4, 0.5) is 0 Å². The first-order chi connectivity index (χ1) is 9.58. The van der Waals surface area contributed by atoms with Crippen molar-refractivity contribution in [2.24, 2.45) is 5.92 Å². The van der Waals surface area contributed by atoms with Gasteiger partial charge in [-0.25, -0.2) is 0 Å². The predicted molar refractivity (Wildman–Crippen MR) is 76.9 cm³/mol. The first-order valence-corrected chi connectivity index (χ1v) is 7.25. The lowest BCUT2D eigenvalue weighted by Crippen LogP contribution is -2.42. The van der Waals surface area contributed by atoms with E-state index in [0.717, 1.165) is 25.7 Å². The molecule has 0 aliphatic heterocycles. The van der Waals surface area contributed by atoms with Crippen LogP contribution >= 0.6 is 11.6 Å². The number of amides is 1. The fraction of sp³-hybridized carbons (Fsp3) is 0.467. The largest absolute Gasteiger partial charge is 0.481 e. The number of carboxylic acids is 1. The Morgan fingerprint density at radius 3 is 2.40 bits per heavy atom. The number of halogens is 1. The molecular formula is C15H18ClNO3. The number of carboxylic acid groups (broad SMARTS) is 1. The van der Waals surface area contributed by atoms with Gasteiger partial charge >= 0.3 is 5.97 Å². The van der Waals surface area contributed by atoms with Gasteiger partial charge in [-0.15, -0.1) is 0 Å². The predicted octanol–water partition coefficient (Wildman–Crippen LogP) is 3.10. The molecule has 1 fully saturated rings. The number of carbonyl (C=O) groups excluding carboxylic acids is 1. The normalized spacial score (nSPS) is 22.9. The zero-order valence-corrected chi connectivity index (χ0v) is 11.9. The Balaban J connectivity index is 2.07. The smallest absolute Gasteiger partial charge is 0.308 e. The lowest BCUT2D eigenvalue weighted by molar-refractivity contribution is -0.142.